The summed E-state index contributed by atoms with van der Waals surface area (Å²) in [7, 11) is 0. The van der Waals surface area contributed by atoms with Gasteiger partial charge in [-0.2, -0.15) is 0 Å². The maximum absolute atomic E-state index is 13.3. The lowest BCUT2D eigenvalue weighted by Gasteiger charge is -2.35. The van der Waals surface area contributed by atoms with E-state index in [1.165, 1.54) is 0 Å². The van der Waals surface area contributed by atoms with E-state index in [2.05, 4.69) is 47.1 Å². The van der Waals surface area contributed by atoms with Crippen LogP contribution in [0.3, 0.4) is 0 Å². The Balaban J connectivity index is 0.00000231. The van der Waals surface area contributed by atoms with Crippen LogP contribution >= 0.6 is 44.3 Å². The monoisotopic (exact) mass is 564 g/mol. The number of H-pyrrole nitrogens is 2. The number of carbonyl (C=O) groups is 2. The van der Waals surface area contributed by atoms with E-state index in [0.29, 0.717) is 25.2 Å². The molecule has 1 unspecified atom stereocenters. The van der Waals surface area contributed by atoms with Gasteiger partial charge >= 0.3 is 0 Å². The highest BCUT2D eigenvalue weighted by atomic mass is 79.9. The van der Waals surface area contributed by atoms with Crippen molar-refractivity contribution in [2.24, 2.45) is 0 Å². The molecule has 1 atom stereocenters. The first kappa shape index (κ1) is 22.1. The molecule has 1 amide bonds. The minimum atomic E-state index is -0.493. The smallest absolute Gasteiger partial charge is 0.295 e. The number of amides is 1. The topological polar surface area (TPSA) is 81.0 Å². The molecule has 31 heavy (non-hydrogen) atoms. The number of halogens is 3. The Morgan fingerprint density at radius 1 is 0.935 bits per heavy atom. The molecule has 1 fully saturated rings. The van der Waals surface area contributed by atoms with Crippen molar-refractivity contribution in [2.45, 2.75) is 6.04 Å². The lowest BCUT2D eigenvalue weighted by atomic mass is 10.0. The molecule has 0 saturated carbocycles. The Hall–Kier alpha value is -2.13. The number of nitrogens with one attached hydrogen (secondary N) is 3. The van der Waals surface area contributed by atoms with Gasteiger partial charge in [-0.3, -0.25) is 9.59 Å². The molecule has 2 aromatic carbocycles. The van der Waals surface area contributed by atoms with Crippen LogP contribution in [0.5, 0.6) is 0 Å². The zero-order chi connectivity index (χ0) is 20.8. The summed E-state index contributed by atoms with van der Waals surface area (Å²) in [5, 5.41) is 5.14. The number of benzene rings is 2. The Bertz CT molecular complexity index is 1300. The van der Waals surface area contributed by atoms with Crippen molar-refractivity contribution in [2.75, 3.05) is 19.6 Å². The van der Waals surface area contributed by atoms with E-state index in [1.807, 2.05) is 42.6 Å². The van der Waals surface area contributed by atoms with Crippen molar-refractivity contribution < 1.29 is 9.59 Å². The maximum Gasteiger partial charge on any atom is 0.295 e. The Labute approximate surface area is 201 Å². The molecule has 9 heteroatoms. The van der Waals surface area contributed by atoms with Crippen LogP contribution in [-0.2, 0) is 4.79 Å². The van der Waals surface area contributed by atoms with Crippen LogP contribution in [-0.4, -0.2) is 46.2 Å². The molecule has 0 bridgehead atoms. The standard InChI is InChI=1S/C22H18Br2N4O2.ClH/c23-12-1-3-18-14(7-12)16(9-26-18)20-11-25-5-6-28(20)22(30)21(29)17-10-27-19-4-2-13(24)8-15(17)19;/h1-4,7-10,20,25-27H,5-6,11H2;1H. The SMILES string of the molecule is Cl.O=C(C(=O)N1CCNCC1c1c[nH]c2ccc(Br)cc12)c1c[nH]c2ccc(Br)cc12. The number of ketones is 1. The normalized spacial score (nSPS) is 16.5. The highest BCUT2D eigenvalue weighted by Crippen LogP contribution is 2.32. The predicted octanol–water partition coefficient (Wildman–Crippen LogP) is 4.95. The van der Waals surface area contributed by atoms with Crippen LogP contribution in [0.4, 0.5) is 0 Å². The summed E-state index contributed by atoms with van der Waals surface area (Å²) in [6.45, 7) is 1.72. The number of aromatic amines is 2. The summed E-state index contributed by atoms with van der Waals surface area (Å²) in [5.41, 5.74) is 3.23. The third kappa shape index (κ3) is 3.93. The van der Waals surface area contributed by atoms with Crippen molar-refractivity contribution in [3.05, 3.63) is 68.9 Å². The second kappa shape index (κ2) is 8.78. The Morgan fingerprint density at radius 3 is 2.32 bits per heavy atom. The van der Waals surface area contributed by atoms with Gasteiger partial charge in [0.25, 0.3) is 11.7 Å². The highest BCUT2D eigenvalue weighted by molar-refractivity contribution is 9.10. The molecule has 5 rings (SSSR count). The molecule has 4 aromatic rings. The summed E-state index contributed by atoms with van der Waals surface area (Å²) in [6.07, 6.45) is 3.56. The molecule has 1 aliphatic rings. The quantitative estimate of drug-likeness (QED) is 0.243. The second-order valence-electron chi connectivity index (χ2n) is 7.37. The molecular formula is C22H19Br2ClN4O2. The zero-order valence-corrected chi connectivity index (χ0v) is 20.2. The highest BCUT2D eigenvalue weighted by Gasteiger charge is 2.34. The number of rotatable bonds is 3. The summed E-state index contributed by atoms with van der Waals surface area (Å²) in [5.74, 6) is -0.973. The summed E-state index contributed by atoms with van der Waals surface area (Å²) < 4.78 is 1.83. The zero-order valence-electron chi connectivity index (χ0n) is 16.2. The molecular weight excluding hydrogens is 548 g/mol. The minimum Gasteiger partial charge on any atom is -0.361 e. The van der Waals surface area contributed by atoms with Crippen LogP contribution in [0.1, 0.15) is 22.0 Å². The lowest BCUT2D eigenvalue weighted by molar-refractivity contribution is -0.129. The van der Waals surface area contributed by atoms with E-state index in [9.17, 15) is 9.59 Å². The first-order chi connectivity index (χ1) is 14.5. The van der Waals surface area contributed by atoms with Crippen molar-refractivity contribution in [1.29, 1.82) is 0 Å². The van der Waals surface area contributed by atoms with Crippen molar-refractivity contribution >= 4 is 77.8 Å². The second-order valence-corrected chi connectivity index (χ2v) is 9.21. The average molecular weight is 567 g/mol. The van der Waals surface area contributed by atoms with E-state index in [0.717, 1.165) is 36.3 Å². The number of carbonyl (C=O) groups excluding carboxylic acids is 2. The third-order valence-electron chi connectivity index (χ3n) is 5.62. The van der Waals surface area contributed by atoms with Gasteiger partial charge < -0.3 is 20.2 Å². The van der Waals surface area contributed by atoms with Crippen LogP contribution < -0.4 is 5.32 Å². The minimum absolute atomic E-state index is 0. The maximum atomic E-state index is 13.3. The van der Waals surface area contributed by atoms with Gasteiger partial charge in [0.2, 0.25) is 0 Å². The number of Topliss-reactive ketones (excluding diaryl/α,β-unsaturated/α-hetero) is 1. The fourth-order valence-corrected chi connectivity index (χ4v) is 4.86. The number of fused-ring (bicyclic) bond motifs is 2. The first-order valence-corrected chi connectivity index (χ1v) is 11.2. The van der Waals surface area contributed by atoms with Crippen LogP contribution in [0.15, 0.2) is 57.7 Å². The van der Waals surface area contributed by atoms with E-state index in [-0.39, 0.29) is 18.4 Å². The van der Waals surface area contributed by atoms with E-state index in [1.54, 1.807) is 11.1 Å². The molecule has 3 heterocycles. The fraction of sp³-hybridized carbons (Fsp3) is 0.182. The molecule has 1 saturated heterocycles. The van der Waals surface area contributed by atoms with E-state index >= 15 is 0 Å². The van der Waals surface area contributed by atoms with Crippen LogP contribution in [0.25, 0.3) is 21.8 Å². The van der Waals surface area contributed by atoms with Gasteiger partial charge in [0.05, 0.1) is 11.6 Å². The van der Waals surface area contributed by atoms with Gasteiger partial charge in [-0.1, -0.05) is 31.9 Å². The fourth-order valence-electron chi connectivity index (χ4n) is 4.14. The largest absolute Gasteiger partial charge is 0.361 e. The Kier molecular flexibility index (Phi) is 6.25. The lowest BCUT2D eigenvalue weighted by Crippen LogP contribution is -2.50. The number of hydrogen-bond donors (Lipinski definition) is 3. The molecule has 160 valence electrons. The van der Waals surface area contributed by atoms with Gasteiger partial charge in [0.1, 0.15) is 0 Å². The van der Waals surface area contributed by atoms with Gasteiger partial charge in [0, 0.05) is 68.3 Å². The van der Waals surface area contributed by atoms with Crippen LogP contribution in [0, 0.1) is 0 Å². The Morgan fingerprint density at radius 2 is 1.58 bits per heavy atom. The number of nitrogens with zero attached hydrogens (tertiary/aromatic N) is 1. The van der Waals surface area contributed by atoms with Gasteiger partial charge in [0.15, 0.2) is 0 Å². The van der Waals surface area contributed by atoms with Gasteiger partial charge in [-0.15, -0.1) is 12.4 Å². The number of hydrogen-bond acceptors (Lipinski definition) is 3. The molecule has 6 nitrogen and oxygen atoms in total. The summed E-state index contributed by atoms with van der Waals surface area (Å²) in [6, 6.07) is 11.4. The molecule has 2 aromatic heterocycles. The van der Waals surface area contributed by atoms with Crippen molar-refractivity contribution in [1.82, 2.24) is 20.2 Å². The molecule has 3 N–H and O–H groups in total. The number of aromatic nitrogens is 2. The van der Waals surface area contributed by atoms with Crippen molar-refractivity contribution in [3.63, 3.8) is 0 Å². The summed E-state index contributed by atoms with van der Waals surface area (Å²) in [4.78, 5) is 34.6. The van der Waals surface area contributed by atoms with Gasteiger partial charge in [-0.05, 0) is 36.4 Å². The predicted molar refractivity (Wildman–Crippen MR) is 131 cm³/mol. The van der Waals surface area contributed by atoms with E-state index < -0.39 is 11.7 Å². The molecule has 0 radical (unpaired) electrons. The summed E-state index contributed by atoms with van der Waals surface area (Å²) >= 11 is 6.97. The molecule has 0 aliphatic carbocycles. The molecule has 1 aliphatic heterocycles. The third-order valence-corrected chi connectivity index (χ3v) is 6.61. The van der Waals surface area contributed by atoms with E-state index in [4.69, 9.17) is 0 Å². The van der Waals surface area contributed by atoms with Gasteiger partial charge in [-0.25, -0.2) is 0 Å². The number of piperazine rings is 1. The molecule has 0 spiro atoms. The first-order valence-electron chi connectivity index (χ1n) is 9.62. The average Bonchev–Trinajstić information content (AvgIpc) is 3.36. The van der Waals surface area contributed by atoms with Crippen LogP contribution in [0.2, 0.25) is 0 Å². The van der Waals surface area contributed by atoms with Crippen molar-refractivity contribution in [3.8, 4) is 0 Å².